The van der Waals surface area contributed by atoms with Crippen molar-refractivity contribution in [1.82, 2.24) is 15.5 Å². The predicted molar refractivity (Wildman–Crippen MR) is 109 cm³/mol. The first-order valence-electron chi connectivity index (χ1n) is 8.99. The van der Waals surface area contributed by atoms with E-state index >= 15 is 0 Å². The van der Waals surface area contributed by atoms with Crippen molar-refractivity contribution in [3.05, 3.63) is 65.8 Å². The van der Waals surface area contributed by atoms with Crippen molar-refractivity contribution >= 4 is 21.6 Å². The third-order valence-electron chi connectivity index (χ3n) is 4.29. The summed E-state index contributed by atoms with van der Waals surface area (Å²) in [4.78, 5) is 4.08. The lowest BCUT2D eigenvalue weighted by molar-refractivity contribution is 0.0120. The van der Waals surface area contributed by atoms with Crippen molar-refractivity contribution in [2.75, 3.05) is 13.2 Å². The molecule has 6 nitrogen and oxygen atoms in total. The first-order valence-corrected chi connectivity index (χ1v) is 9.87. The van der Waals surface area contributed by atoms with Gasteiger partial charge in [-0.2, -0.15) is 0 Å². The minimum absolute atomic E-state index is 0.170. The Morgan fingerprint density at radius 2 is 2.18 bits per heavy atom. The predicted octanol–water partition coefficient (Wildman–Crippen LogP) is 3.87. The smallest absolute Gasteiger partial charge is 0.178 e. The van der Waals surface area contributed by atoms with Crippen LogP contribution in [0.5, 0.6) is 5.75 Å². The third kappa shape index (κ3) is 4.39. The van der Waals surface area contributed by atoms with Gasteiger partial charge in [0.2, 0.25) is 0 Å². The number of pyridine rings is 1. The van der Waals surface area contributed by atoms with Gasteiger partial charge in [-0.15, -0.1) is 11.3 Å². The van der Waals surface area contributed by atoms with E-state index in [1.54, 1.807) is 30.7 Å². The largest absolute Gasteiger partial charge is 0.491 e. The van der Waals surface area contributed by atoms with Crippen LogP contribution in [-0.4, -0.2) is 34.0 Å². The fourth-order valence-electron chi connectivity index (χ4n) is 2.86. The Morgan fingerprint density at radius 1 is 1.25 bits per heavy atom. The molecule has 3 aromatic heterocycles. The average molecular weight is 395 g/mol. The van der Waals surface area contributed by atoms with E-state index in [9.17, 15) is 5.11 Å². The van der Waals surface area contributed by atoms with E-state index < -0.39 is 5.60 Å². The zero-order valence-corrected chi connectivity index (χ0v) is 16.3. The Labute approximate surface area is 166 Å². The van der Waals surface area contributed by atoms with Crippen LogP contribution in [0.1, 0.15) is 12.5 Å². The molecule has 0 saturated carbocycles. The number of hydrogen-bond acceptors (Lipinski definition) is 7. The van der Waals surface area contributed by atoms with Crippen LogP contribution in [0.25, 0.3) is 21.5 Å². The molecule has 0 unspecified atom stereocenters. The Kier molecular flexibility index (Phi) is 5.38. The molecule has 0 aliphatic heterocycles. The molecular weight excluding hydrogens is 374 g/mol. The quantitative estimate of drug-likeness (QED) is 0.471. The first-order chi connectivity index (χ1) is 13.6. The van der Waals surface area contributed by atoms with E-state index in [0.717, 1.165) is 27.1 Å². The Balaban J connectivity index is 1.36. The molecule has 0 aliphatic carbocycles. The van der Waals surface area contributed by atoms with E-state index in [1.165, 1.54) is 0 Å². The normalized spacial score (nSPS) is 13.5. The highest BCUT2D eigenvalue weighted by atomic mass is 32.1. The van der Waals surface area contributed by atoms with Gasteiger partial charge in [-0.25, -0.2) is 0 Å². The second-order valence-corrected chi connectivity index (χ2v) is 7.84. The summed E-state index contributed by atoms with van der Waals surface area (Å²) < 4.78 is 12.2. The minimum Gasteiger partial charge on any atom is -0.491 e. The molecule has 0 spiro atoms. The van der Waals surface area contributed by atoms with E-state index in [1.807, 2.05) is 47.8 Å². The van der Waals surface area contributed by atoms with Crippen molar-refractivity contribution in [3.63, 3.8) is 0 Å². The maximum absolute atomic E-state index is 10.6. The summed E-state index contributed by atoms with van der Waals surface area (Å²) in [6, 6.07) is 13.5. The van der Waals surface area contributed by atoms with Crippen molar-refractivity contribution in [2.45, 2.75) is 19.1 Å². The summed E-state index contributed by atoms with van der Waals surface area (Å²) >= 11 is 1.60. The number of rotatable bonds is 8. The second-order valence-electron chi connectivity index (χ2n) is 6.92. The van der Waals surface area contributed by atoms with Gasteiger partial charge in [0.05, 0.1) is 0 Å². The molecule has 0 aliphatic rings. The molecule has 4 rings (SSSR count). The number of nitrogens with zero attached hydrogens (tertiary/aromatic N) is 2. The SMILES string of the molecule is C[C@@](O)(CNCc1cccnc1)COc1cccc(-c2noc3ccsc23)c1. The zero-order valence-electron chi connectivity index (χ0n) is 15.5. The molecule has 0 radical (unpaired) electrons. The van der Waals surface area contributed by atoms with Crippen LogP contribution < -0.4 is 10.1 Å². The highest BCUT2D eigenvalue weighted by molar-refractivity contribution is 7.17. The van der Waals surface area contributed by atoms with Gasteiger partial charge < -0.3 is 19.7 Å². The van der Waals surface area contributed by atoms with Gasteiger partial charge in [-0.3, -0.25) is 4.98 Å². The summed E-state index contributed by atoms with van der Waals surface area (Å²) in [5, 5.41) is 20.0. The van der Waals surface area contributed by atoms with E-state index in [-0.39, 0.29) is 6.61 Å². The molecule has 1 aromatic carbocycles. The van der Waals surface area contributed by atoms with Crippen molar-refractivity contribution < 1.29 is 14.4 Å². The molecule has 4 aromatic rings. The number of ether oxygens (including phenoxy) is 1. The van der Waals surface area contributed by atoms with E-state index in [2.05, 4.69) is 15.5 Å². The Hall–Kier alpha value is -2.74. The molecule has 1 atom stereocenters. The molecule has 2 N–H and O–H groups in total. The fourth-order valence-corrected chi connectivity index (χ4v) is 3.68. The number of nitrogens with one attached hydrogen (secondary N) is 1. The molecule has 0 fully saturated rings. The van der Waals surface area contributed by atoms with Crippen LogP contribution >= 0.6 is 11.3 Å². The van der Waals surface area contributed by atoms with Crippen LogP contribution in [-0.2, 0) is 6.54 Å². The highest BCUT2D eigenvalue weighted by Gasteiger charge is 2.21. The van der Waals surface area contributed by atoms with Gasteiger partial charge in [0, 0.05) is 31.0 Å². The summed E-state index contributed by atoms with van der Waals surface area (Å²) in [5.41, 5.74) is 2.58. The summed E-state index contributed by atoms with van der Waals surface area (Å²) in [7, 11) is 0. The number of benzene rings is 1. The lowest BCUT2D eigenvalue weighted by Gasteiger charge is -2.24. The first kappa shape index (κ1) is 18.6. The topological polar surface area (TPSA) is 80.4 Å². The summed E-state index contributed by atoms with van der Waals surface area (Å²) in [6.45, 7) is 2.97. The Morgan fingerprint density at radius 3 is 3.04 bits per heavy atom. The number of thiophene rings is 1. The lowest BCUT2D eigenvalue weighted by atomic mass is 10.1. The van der Waals surface area contributed by atoms with Crippen LogP contribution in [0.15, 0.2) is 64.8 Å². The fraction of sp³-hybridized carbons (Fsp3) is 0.238. The van der Waals surface area contributed by atoms with Crippen LogP contribution in [0, 0.1) is 0 Å². The van der Waals surface area contributed by atoms with Gasteiger partial charge in [0.25, 0.3) is 0 Å². The van der Waals surface area contributed by atoms with Crippen LogP contribution in [0.3, 0.4) is 0 Å². The third-order valence-corrected chi connectivity index (χ3v) is 5.20. The van der Waals surface area contributed by atoms with E-state index in [0.29, 0.717) is 18.8 Å². The standard InChI is InChI=1S/C21H21N3O3S/c1-21(25,13-23-12-15-4-3-8-22-11-15)14-26-17-6-2-5-16(10-17)19-20-18(27-24-19)7-9-28-20/h2-11,23,25H,12-14H2,1H3/t21-/m1/s1. The highest BCUT2D eigenvalue weighted by Crippen LogP contribution is 2.33. The number of aliphatic hydroxyl groups is 1. The van der Waals surface area contributed by atoms with Gasteiger partial charge in [0.15, 0.2) is 5.58 Å². The molecule has 0 amide bonds. The van der Waals surface area contributed by atoms with Gasteiger partial charge in [-0.1, -0.05) is 23.4 Å². The van der Waals surface area contributed by atoms with E-state index in [4.69, 9.17) is 9.26 Å². The average Bonchev–Trinajstić information content (AvgIpc) is 3.31. The summed E-state index contributed by atoms with van der Waals surface area (Å²) in [5.74, 6) is 0.678. The molecule has 0 bridgehead atoms. The monoisotopic (exact) mass is 395 g/mol. The molecule has 3 heterocycles. The van der Waals surface area contributed by atoms with Gasteiger partial charge in [0.1, 0.15) is 28.4 Å². The lowest BCUT2D eigenvalue weighted by Crippen LogP contribution is -2.42. The molecule has 144 valence electrons. The van der Waals surface area contributed by atoms with Gasteiger partial charge in [-0.05, 0) is 42.1 Å². The maximum atomic E-state index is 10.6. The number of hydrogen-bond donors (Lipinski definition) is 2. The zero-order chi connectivity index (χ0) is 19.4. The number of fused-ring (bicyclic) bond motifs is 1. The summed E-state index contributed by atoms with van der Waals surface area (Å²) in [6.07, 6.45) is 3.54. The van der Waals surface area contributed by atoms with Gasteiger partial charge >= 0.3 is 0 Å². The van der Waals surface area contributed by atoms with Crippen molar-refractivity contribution in [1.29, 1.82) is 0 Å². The second kappa shape index (κ2) is 8.10. The minimum atomic E-state index is -1.01. The molecule has 7 heteroatoms. The Bertz CT molecular complexity index is 1040. The molecule has 28 heavy (non-hydrogen) atoms. The molecular formula is C21H21N3O3S. The van der Waals surface area contributed by atoms with Crippen LogP contribution in [0.2, 0.25) is 0 Å². The van der Waals surface area contributed by atoms with Crippen molar-refractivity contribution in [2.24, 2.45) is 0 Å². The number of aromatic nitrogens is 2. The molecule has 0 saturated heterocycles. The van der Waals surface area contributed by atoms with Crippen molar-refractivity contribution in [3.8, 4) is 17.0 Å². The maximum Gasteiger partial charge on any atom is 0.178 e. The van der Waals surface area contributed by atoms with Crippen LogP contribution in [0.4, 0.5) is 0 Å².